The molecule has 31 heavy (non-hydrogen) atoms. The van der Waals surface area contributed by atoms with E-state index in [9.17, 15) is 14.0 Å². The minimum atomic E-state index is -1.01. The molecular formula is C21H24ClFN4O3S. The third-order valence-corrected chi connectivity index (χ3v) is 6.17. The molecule has 7 nitrogen and oxygen atoms in total. The van der Waals surface area contributed by atoms with E-state index in [0.29, 0.717) is 30.8 Å². The number of carbonyl (C=O) groups excluding carboxylic acids is 1. The molecule has 2 heterocycles. The van der Waals surface area contributed by atoms with Crippen molar-refractivity contribution in [2.75, 3.05) is 13.1 Å². The number of hydrogen-bond acceptors (Lipinski definition) is 6. The first kappa shape index (κ1) is 23.4. The summed E-state index contributed by atoms with van der Waals surface area (Å²) < 4.78 is 15.9. The van der Waals surface area contributed by atoms with Crippen LogP contribution in [0.5, 0.6) is 0 Å². The molecular weight excluding hydrogens is 443 g/mol. The minimum Gasteiger partial charge on any atom is -0.480 e. The summed E-state index contributed by atoms with van der Waals surface area (Å²) >= 11 is 4.67. The van der Waals surface area contributed by atoms with Gasteiger partial charge in [0.1, 0.15) is 12.4 Å². The second-order valence-corrected chi connectivity index (χ2v) is 8.43. The van der Waals surface area contributed by atoms with E-state index in [2.05, 4.69) is 22.9 Å². The van der Waals surface area contributed by atoms with Crippen LogP contribution in [-0.2, 0) is 16.1 Å². The number of rotatable bonds is 7. The van der Waals surface area contributed by atoms with Gasteiger partial charge in [-0.25, -0.2) is 9.07 Å². The fourth-order valence-corrected chi connectivity index (χ4v) is 4.16. The van der Waals surface area contributed by atoms with Crippen LogP contribution in [0.2, 0.25) is 0 Å². The number of halogens is 2. The summed E-state index contributed by atoms with van der Waals surface area (Å²) in [5.74, 6) is -1.33. The van der Waals surface area contributed by atoms with Crippen molar-refractivity contribution in [3.05, 3.63) is 53.1 Å². The fraction of sp³-hybridized carbons (Fsp3) is 0.429. The van der Waals surface area contributed by atoms with Crippen LogP contribution in [0.15, 0.2) is 36.0 Å². The van der Waals surface area contributed by atoms with Gasteiger partial charge in [-0.3, -0.25) is 14.5 Å². The van der Waals surface area contributed by atoms with Gasteiger partial charge in [0.2, 0.25) is 0 Å². The quantitative estimate of drug-likeness (QED) is 0.610. The first-order valence-electron chi connectivity index (χ1n) is 9.95. The Hall–Kier alpha value is -2.23. The number of thiol groups is 1. The Labute approximate surface area is 191 Å². The zero-order valence-corrected chi connectivity index (χ0v) is 18.4. The second-order valence-electron chi connectivity index (χ2n) is 7.81. The molecule has 4 rings (SSSR count). The van der Waals surface area contributed by atoms with Gasteiger partial charge in [-0.15, -0.1) is 17.5 Å². The van der Waals surface area contributed by atoms with Gasteiger partial charge < -0.3 is 5.11 Å². The summed E-state index contributed by atoms with van der Waals surface area (Å²) in [6.45, 7) is 0.761. The summed E-state index contributed by atoms with van der Waals surface area (Å²) in [6, 6.07) is 5.82. The molecule has 0 spiro atoms. The van der Waals surface area contributed by atoms with E-state index in [-0.39, 0.29) is 41.7 Å². The van der Waals surface area contributed by atoms with Gasteiger partial charge in [-0.05, 0) is 37.0 Å². The third-order valence-electron chi connectivity index (χ3n) is 5.58. The number of hydrogen-bond donors (Lipinski definition) is 2. The first-order chi connectivity index (χ1) is 14.4. The summed E-state index contributed by atoms with van der Waals surface area (Å²) in [4.78, 5) is 26.1. The van der Waals surface area contributed by atoms with Gasteiger partial charge in [0.15, 0.2) is 5.78 Å². The molecule has 2 atom stereocenters. The van der Waals surface area contributed by atoms with Crippen LogP contribution in [-0.4, -0.2) is 55.1 Å². The third kappa shape index (κ3) is 5.34. The molecule has 1 aromatic carbocycles. The second kappa shape index (κ2) is 9.93. The summed E-state index contributed by atoms with van der Waals surface area (Å²) in [5, 5.41) is 16.6. The van der Waals surface area contributed by atoms with E-state index in [1.165, 1.54) is 16.9 Å². The number of aliphatic carboxylic acids is 1. The average Bonchev–Trinajstić information content (AvgIpc) is 3.48. The molecule has 1 aliphatic heterocycles. The molecule has 2 aromatic rings. The molecule has 166 valence electrons. The zero-order chi connectivity index (χ0) is 21.3. The highest BCUT2D eigenvalue weighted by Gasteiger charge is 2.40. The van der Waals surface area contributed by atoms with Crippen LogP contribution < -0.4 is 0 Å². The van der Waals surface area contributed by atoms with Crippen molar-refractivity contribution in [3.63, 3.8) is 0 Å². The highest BCUT2D eigenvalue weighted by Crippen LogP contribution is 2.39. The molecule has 1 aliphatic carbocycles. The lowest BCUT2D eigenvalue weighted by atomic mass is 9.93. The van der Waals surface area contributed by atoms with Gasteiger partial charge in [0.25, 0.3) is 0 Å². The molecule has 1 aromatic heterocycles. The largest absolute Gasteiger partial charge is 0.480 e. The van der Waals surface area contributed by atoms with Gasteiger partial charge in [-0.2, -0.15) is 12.6 Å². The lowest BCUT2D eigenvalue weighted by Crippen LogP contribution is -2.42. The fourth-order valence-electron chi connectivity index (χ4n) is 3.89. The number of piperidine rings is 1. The molecule has 1 saturated carbocycles. The monoisotopic (exact) mass is 466 g/mol. The van der Waals surface area contributed by atoms with E-state index in [0.717, 1.165) is 18.4 Å². The highest BCUT2D eigenvalue weighted by atomic mass is 35.5. The van der Waals surface area contributed by atoms with Crippen molar-refractivity contribution in [2.24, 2.45) is 5.92 Å². The number of aromatic nitrogens is 3. The van der Waals surface area contributed by atoms with Gasteiger partial charge in [0.05, 0.1) is 17.9 Å². The lowest BCUT2D eigenvalue weighted by molar-refractivity contribution is -0.138. The Balaban J connectivity index is 0.00000272. The van der Waals surface area contributed by atoms with Crippen LogP contribution >= 0.6 is 25.0 Å². The smallest absolute Gasteiger partial charge is 0.325 e. The van der Waals surface area contributed by atoms with Crippen molar-refractivity contribution in [2.45, 2.75) is 37.1 Å². The molecule has 2 fully saturated rings. The first-order valence-corrected chi connectivity index (χ1v) is 10.5. The van der Waals surface area contributed by atoms with Crippen LogP contribution in [0, 0.1) is 11.7 Å². The number of carboxylic acids is 1. The molecule has 10 heteroatoms. The number of Topliss-reactive ketones (excluding diaryl/α,β-unsaturated/α-hetero) is 1. The van der Waals surface area contributed by atoms with Crippen molar-refractivity contribution < 1.29 is 19.1 Å². The Kier molecular flexibility index (Phi) is 7.51. The Bertz CT molecular complexity index is 995. The van der Waals surface area contributed by atoms with E-state index in [1.54, 1.807) is 18.2 Å². The molecule has 2 aliphatic rings. The number of nitrogens with zero attached hydrogens (tertiary/aromatic N) is 4. The van der Waals surface area contributed by atoms with E-state index < -0.39 is 12.0 Å². The minimum absolute atomic E-state index is 0. The van der Waals surface area contributed by atoms with Crippen molar-refractivity contribution in [1.82, 2.24) is 19.9 Å². The molecule has 0 radical (unpaired) electrons. The average molecular weight is 467 g/mol. The van der Waals surface area contributed by atoms with Crippen molar-refractivity contribution >= 4 is 42.9 Å². The highest BCUT2D eigenvalue weighted by molar-refractivity contribution is 7.81. The lowest BCUT2D eigenvalue weighted by Gasteiger charge is -2.37. The number of benzene rings is 1. The Morgan fingerprint density at radius 2 is 2.03 bits per heavy atom. The maximum atomic E-state index is 14.6. The zero-order valence-electron chi connectivity index (χ0n) is 16.7. The predicted octanol–water partition coefficient (Wildman–Crippen LogP) is 3.03. The number of likely N-dealkylation sites (tertiary alicyclic amines) is 1. The standard InChI is InChI=1S/C21H23FN4O3S.ClH/c22-17-4-2-1-3-16(17)20(21(29)13-5-6-13)25-8-7-18(30)14(11-25)9-15-10-23-24-26(15)12-19(27)28;/h1-4,9-10,13,18,20,30H,5-8,11-12H2,(H,27,28);1H/b14-9-;. The normalized spacial score (nSPS) is 21.5. The molecule has 1 N–H and O–H groups in total. The van der Waals surface area contributed by atoms with E-state index in [1.807, 2.05) is 11.0 Å². The molecule has 0 bridgehead atoms. The van der Waals surface area contributed by atoms with Crippen molar-refractivity contribution in [1.29, 1.82) is 0 Å². The Morgan fingerprint density at radius 1 is 1.29 bits per heavy atom. The summed E-state index contributed by atoms with van der Waals surface area (Å²) in [7, 11) is 0. The van der Waals surface area contributed by atoms with E-state index in [4.69, 9.17) is 5.11 Å². The van der Waals surface area contributed by atoms with Crippen LogP contribution in [0.1, 0.15) is 36.6 Å². The van der Waals surface area contributed by atoms with Crippen LogP contribution in [0.3, 0.4) is 0 Å². The summed E-state index contributed by atoms with van der Waals surface area (Å²) in [6.07, 6.45) is 5.73. The van der Waals surface area contributed by atoms with Gasteiger partial charge in [0, 0.05) is 29.8 Å². The van der Waals surface area contributed by atoms with E-state index >= 15 is 0 Å². The molecule has 0 amide bonds. The predicted molar refractivity (Wildman–Crippen MR) is 119 cm³/mol. The molecule has 1 saturated heterocycles. The number of carboxylic acid groups (broad SMARTS) is 1. The maximum Gasteiger partial charge on any atom is 0.325 e. The van der Waals surface area contributed by atoms with Gasteiger partial charge in [-0.1, -0.05) is 23.4 Å². The van der Waals surface area contributed by atoms with Gasteiger partial charge >= 0.3 is 5.97 Å². The van der Waals surface area contributed by atoms with Crippen LogP contribution in [0.4, 0.5) is 4.39 Å². The van der Waals surface area contributed by atoms with Crippen LogP contribution in [0.25, 0.3) is 6.08 Å². The molecule has 2 unspecified atom stereocenters. The SMILES string of the molecule is Cl.O=C(O)Cn1nncc1/C=C1/CN(C(C(=O)C2CC2)c2ccccc2F)CCC1S. The topological polar surface area (TPSA) is 88.3 Å². The Morgan fingerprint density at radius 3 is 2.71 bits per heavy atom. The summed E-state index contributed by atoms with van der Waals surface area (Å²) in [5.41, 5.74) is 1.89. The maximum absolute atomic E-state index is 14.6. The number of ketones is 1. The van der Waals surface area contributed by atoms with Crippen molar-refractivity contribution in [3.8, 4) is 0 Å². The number of carbonyl (C=O) groups is 2.